The summed E-state index contributed by atoms with van der Waals surface area (Å²) in [6.07, 6.45) is 0.913. The molecular weight excluding hydrogens is 422 g/mol. The number of rotatable bonds is 10. The standard InChI is InChI=1S/C26H31NO4S/c1-17(2)19-9-11-20(12-10-19)25(23-7-6-14-32-23)27-24(28)13-8-18-15-21(29-3)26(31-5)22(16-18)30-4/h6-7,9-12,14-17,25H,8,13H2,1-5H3,(H,27,28). The second-order valence-corrected chi connectivity index (χ2v) is 8.85. The molecule has 170 valence electrons. The number of hydrogen-bond acceptors (Lipinski definition) is 5. The molecule has 6 heteroatoms. The fourth-order valence-electron chi connectivity index (χ4n) is 3.62. The minimum Gasteiger partial charge on any atom is -0.493 e. The third kappa shape index (κ3) is 5.62. The van der Waals surface area contributed by atoms with Crippen LogP contribution in [0.1, 0.15) is 53.8 Å². The Morgan fingerprint density at radius 3 is 2.06 bits per heavy atom. The monoisotopic (exact) mass is 453 g/mol. The van der Waals surface area contributed by atoms with E-state index >= 15 is 0 Å². The van der Waals surface area contributed by atoms with Crippen LogP contribution in [0.5, 0.6) is 17.2 Å². The lowest BCUT2D eigenvalue weighted by atomic mass is 9.98. The van der Waals surface area contributed by atoms with Crippen LogP contribution in [0.15, 0.2) is 53.9 Å². The number of methoxy groups -OCH3 is 3. The second kappa shape index (κ2) is 11.0. The third-order valence-corrected chi connectivity index (χ3v) is 6.37. The Balaban J connectivity index is 1.74. The predicted molar refractivity (Wildman–Crippen MR) is 129 cm³/mol. The topological polar surface area (TPSA) is 56.8 Å². The van der Waals surface area contributed by atoms with Gasteiger partial charge in [-0.2, -0.15) is 0 Å². The minimum atomic E-state index is -0.163. The van der Waals surface area contributed by atoms with Crippen molar-refractivity contribution in [2.45, 2.75) is 38.6 Å². The van der Waals surface area contributed by atoms with Crippen LogP contribution in [0.4, 0.5) is 0 Å². The predicted octanol–water partition coefficient (Wildman–Crippen LogP) is 5.74. The van der Waals surface area contributed by atoms with Gasteiger partial charge in [0.1, 0.15) is 0 Å². The molecule has 0 fully saturated rings. The van der Waals surface area contributed by atoms with Gasteiger partial charge in [0, 0.05) is 11.3 Å². The Hall–Kier alpha value is -2.99. The number of amides is 1. The van der Waals surface area contributed by atoms with Crippen molar-refractivity contribution in [2.24, 2.45) is 0 Å². The van der Waals surface area contributed by atoms with Crippen molar-refractivity contribution in [3.8, 4) is 17.2 Å². The van der Waals surface area contributed by atoms with Gasteiger partial charge in [0.2, 0.25) is 11.7 Å². The largest absolute Gasteiger partial charge is 0.493 e. The highest BCUT2D eigenvalue weighted by Gasteiger charge is 2.19. The molecule has 0 bridgehead atoms. The molecule has 1 unspecified atom stereocenters. The molecule has 0 saturated heterocycles. The van der Waals surface area contributed by atoms with Gasteiger partial charge in [0.25, 0.3) is 0 Å². The van der Waals surface area contributed by atoms with Crippen LogP contribution in [-0.2, 0) is 11.2 Å². The van der Waals surface area contributed by atoms with Crippen LogP contribution < -0.4 is 19.5 Å². The van der Waals surface area contributed by atoms with E-state index in [-0.39, 0.29) is 11.9 Å². The zero-order valence-electron chi connectivity index (χ0n) is 19.3. The van der Waals surface area contributed by atoms with Crippen molar-refractivity contribution in [3.05, 3.63) is 75.5 Å². The summed E-state index contributed by atoms with van der Waals surface area (Å²) < 4.78 is 16.2. The van der Waals surface area contributed by atoms with E-state index in [4.69, 9.17) is 14.2 Å². The van der Waals surface area contributed by atoms with Gasteiger partial charge >= 0.3 is 0 Å². The van der Waals surface area contributed by atoms with Crippen molar-refractivity contribution in [3.63, 3.8) is 0 Å². The first-order valence-corrected chi connectivity index (χ1v) is 11.6. The number of aryl methyl sites for hydroxylation is 1. The molecule has 0 aliphatic rings. The first-order valence-electron chi connectivity index (χ1n) is 10.7. The van der Waals surface area contributed by atoms with E-state index in [2.05, 4.69) is 49.5 Å². The summed E-state index contributed by atoms with van der Waals surface area (Å²) in [5.74, 6) is 2.18. The quantitative estimate of drug-likeness (QED) is 0.426. The van der Waals surface area contributed by atoms with E-state index in [1.54, 1.807) is 32.7 Å². The van der Waals surface area contributed by atoms with E-state index in [9.17, 15) is 4.79 Å². The number of benzene rings is 2. The molecular formula is C26H31NO4S. The van der Waals surface area contributed by atoms with Gasteiger partial charge in [0.15, 0.2) is 11.5 Å². The molecule has 0 radical (unpaired) electrons. The van der Waals surface area contributed by atoms with E-state index in [0.29, 0.717) is 36.0 Å². The SMILES string of the molecule is COc1cc(CCC(=O)NC(c2ccc(C(C)C)cc2)c2cccs2)cc(OC)c1OC. The summed E-state index contributed by atoms with van der Waals surface area (Å²) in [6.45, 7) is 4.35. The Morgan fingerprint density at radius 1 is 0.938 bits per heavy atom. The average Bonchev–Trinajstić information content (AvgIpc) is 3.35. The zero-order chi connectivity index (χ0) is 23.1. The van der Waals surface area contributed by atoms with Crippen molar-refractivity contribution < 1.29 is 19.0 Å². The number of carbonyl (C=O) groups excluding carboxylic acids is 1. The summed E-state index contributed by atoms with van der Waals surface area (Å²) in [6, 6.07) is 16.2. The van der Waals surface area contributed by atoms with E-state index in [1.165, 1.54) is 5.56 Å². The summed E-state index contributed by atoms with van der Waals surface area (Å²) in [7, 11) is 4.75. The number of ether oxygens (including phenoxy) is 3. The normalized spacial score (nSPS) is 11.8. The van der Waals surface area contributed by atoms with E-state index in [1.807, 2.05) is 23.6 Å². The molecule has 0 saturated carbocycles. The van der Waals surface area contributed by atoms with Crippen molar-refractivity contribution in [1.29, 1.82) is 0 Å². The summed E-state index contributed by atoms with van der Waals surface area (Å²) >= 11 is 1.65. The molecule has 2 aromatic carbocycles. The Kier molecular flexibility index (Phi) is 8.17. The number of hydrogen-bond donors (Lipinski definition) is 1. The molecule has 3 rings (SSSR count). The van der Waals surface area contributed by atoms with Crippen LogP contribution in [0.25, 0.3) is 0 Å². The Morgan fingerprint density at radius 2 is 1.56 bits per heavy atom. The first-order chi connectivity index (χ1) is 15.5. The van der Waals surface area contributed by atoms with Gasteiger partial charge in [-0.1, -0.05) is 44.2 Å². The number of nitrogens with one attached hydrogen (secondary N) is 1. The molecule has 32 heavy (non-hydrogen) atoms. The molecule has 1 heterocycles. The van der Waals surface area contributed by atoms with Crippen molar-refractivity contribution in [1.82, 2.24) is 5.32 Å². The molecule has 3 aromatic rings. The molecule has 0 aliphatic carbocycles. The van der Waals surface area contributed by atoms with Crippen molar-refractivity contribution >= 4 is 17.2 Å². The summed E-state index contributed by atoms with van der Waals surface area (Å²) in [4.78, 5) is 14.0. The lowest BCUT2D eigenvalue weighted by Gasteiger charge is -2.19. The molecule has 0 spiro atoms. The average molecular weight is 454 g/mol. The number of thiophene rings is 1. The van der Waals surface area contributed by atoms with Gasteiger partial charge in [-0.25, -0.2) is 0 Å². The third-order valence-electron chi connectivity index (χ3n) is 5.43. The molecule has 1 atom stereocenters. The van der Waals surface area contributed by atoms with Crippen LogP contribution in [0.3, 0.4) is 0 Å². The Labute approximate surface area is 194 Å². The maximum atomic E-state index is 12.9. The molecule has 1 aromatic heterocycles. The van der Waals surface area contributed by atoms with E-state index in [0.717, 1.165) is 16.0 Å². The van der Waals surface area contributed by atoms with Crippen LogP contribution in [0.2, 0.25) is 0 Å². The van der Waals surface area contributed by atoms with Crippen LogP contribution in [-0.4, -0.2) is 27.2 Å². The fourth-order valence-corrected chi connectivity index (χ4v) is 4.42. The molecule has 0 aliphatic heterocycles. The number of carbonyl (C=O) groups is 1. The van der Waals surface area contributed by atoms with Crippen molar-refractivity contribution in [2.75, 3.05) is 21.3 Å². The van der Waals surface area contributed by atoms with Gasteiger partial charge in [-0.05, 0) is 52.6 Å². The van der Waals surface area contributed by atoms with Gasteiger partial charge in [-0.3, -0.25) is 4.79 Å². The Bertz CT molecular complexity index is 988. The smallest absolute Gasteiger partial charge is 0.221 e. The summed E-state index contributed by atoms with van der Waals surface area (Å²) in [5.41, 5.74) is 3.31. The molecule has 5 nitrogen and oxygen atoms in total. The van der Waals surface area contributed by atoms with Gasteiger partial charge in [-0.15, -0.1) is 11.3 Å². The lowest BCUT2D eigenvalue weighted by molar-refractivity contribution is -0.121. The molecule has 1 N–H and O–H groups in total. The highest BCUT2D eigenvalue weighted by molar-refractivity contribution is 7.10. The van der Waals surface area contributed by atoms with Gasteiger partial charge in [0.05, 0.1) is 27.4 Å². The maximum absolute atomic E-state index is 12.9. The molecule has 1 amide bonds. The van der Waals surface area contributed by atoms with Crippen LogP contribution in [0, 0.1) is 0 Å². The highest BCUT2D eigenvalue weighted by atomic mass is 32.1. The first kappa shape index (κ1) is 23.7. The summed E-state index contributed by atoms with van der Waals surface area (Å²) in [5, 5.41) is 5.25. The second-order valence-electron chi connectivity index (χ2n) is 7.87. The lowest BCUT2D eigenvalue weighted by Crippen LogP contribution is -2.29. The van der Waals surface area contributed by atoms with E-state index < -0.39 is 0 Å². The minimum absolute atomic E-state index is 0.00918. The fraction of sp³-hybridized carbons (Fsp3) is 0.346. The van der Waals surface area contributed by atoms with Gasteiger partial charge < -0.3 is 19.5 Å². The zero-order valence-corrected chi connectivity index (χ0v) is 20.1. The highest BCUT2D eigenvalue weighted by Crippen LogP contribution is 2.38. The maximum Gasteiger partial charge on any atom is 0.221 e. The van der Waals surface area contributed by atoms with Crippen LogP contribution >= 0.6 is 11.3 Å².